The average Bonchev–Trinajstić information content (AvgIpc) is 3.39. The number of ether oxygens (including phenoxy) is 1. The molecule has 0 saturated carbocycles. The lowest BCUT2D eigenvalue weighted by Gasteiger charge is -2.20. The van der Waals surface area contributed by atoms with E-state index in [4.69, 9.17) is 27.9 Å². The van der Waals surface area contributed by atoms with Crippen LogP contribution in [0.1, 0.15) is 23.2 Å². The summed E-state index contributed by atoms with van der Waals surface area (Å²) in [5.41, 5.74) is 0.985. The smallest absolute Gasteiger partial charge is 0.279 e. The second kappa shape index (κ2) is 9.24. The molecule has 170 valence electrons. The third kappa shape index (κ3) is 4.50. The van der Waals surface area contributed by atoms with Gasteiger partial charge in [-0.05, 0) is 49.2 Å². The Hall–Kier alpha value is -1.75. The second-order valence-corrected chi connectivity index (χ2v) is 11.4. The minimum Gasteiger partial charge on any atom is -0.377 e. The van der Waals surface area contributed by atoms with Crippen LogP contribution in [0.2, 0.25) is 10.0 Å². The van der Waals surface area contributed by atoms with Gasteiger partial charge in [-0.2, -0.15) is 9.30 Å². The van der Waals surface area contributed by atoms with Gasteiger partial charge in [-0.25, -0.2) is 8.42 Å². The molecular weight excluding hydrogens is 493 g/mol. The van der Waals surface area contributed by atoms with Crippen LogP contribution in [0.5, 0.6) is 0 Å². The zero-order valence-corrected chi connectivity index (χ0v) is 20.6. The minimum absolute atomic E-state index is 0.0835. The van der Waals surface area contributed by atoms with E-state index in [1.807, 2.05) is 6.07 Å². The second-order valence-electron chi connectivity index (χ2n) is 7.51. The predicted octanol–water partition coefficient (Wildman–Crippen LogP) is 4.09. The van der Waals surface area contributed by atoms with Gasteiger partial charge < -0.3 is 9.30 Å². The molecule has 3 aromatic rings. The van der Waals surface area contributed by atoms with Crippen molar-refractivity contribution in [1.29, 1.82) is 0 Å². The lowest BCUT2D eigenvalue weighted by Crippen LogP contribution is -2.34. The fourth-order valence-electron chi connectivity index (χ4n) is 3.55. The summed E-state index contributed by atoms with van der Waals surface area (Å²) >= 11 is 13.7. The van der Waals surface area contributed by atoms with Crippen LogP contribution in [-0.2, 0) is 21.8 Å². The van der Waals surface area contributed by atoms with Crippen LogP contribution in [0.3, 0.4) is 0 Å². The van der Waals surface area contributed by atoms with E-state index in [2.05, 4.69) is 4.99 Å². The highest BCUT2D eigenvalue weighted by Gasteiger charge is 2.26. The molecule has 1 aliphatic rings. The van der Waals surface area contributed by atoms with Gasteiger partial charge in [-0.3, -0.25) is 4.79 Å². The van der Waals surface area contributed by atoms with Gasteiger partial charge in [0.1, 0.15) is 0 Å². The van der Waals surface area contributed by atoms with Crippen LogP contribution in [0, 0.1) is 0 Å². The third-order valence-corrected chi connectivity index (χ3v) is 9.08. The van der Waals surface area contributed by atoms with Crippen LogP contribution < -0.4 is 4.80 Å². The van der Waals surface area contributed by atoms with Gasteiger partial charge in [-0.1, -0.05) is 34.5 Å². The number of benzene rings is 2. The maximum atomic E-state index is 12.8. The van der Waals surface area contributed by atoms with E-state index in [1.165, 1.54) is 47.0 Å². The van der Waals surface area contributed by atoms with E-state index in [1.54, 1.807) is 17.7 Å². The standard InChI is InChI=1S/C21H21Cl2N3O4S2/c1-25(12-14-4-3-11-30-14)32(28,29)15-7-5-13(6-8-15)20(27)24-21-26(2)19-17(31-21)10-9-16(22)18(19)23/h5-10,14H,3-4,11-12H2,1-2H3. The third-order valence-electron chi connectivity index (χ3n) is 5.35. The van der Waals surface area contributed by atoms with Crippen molar-refractivity contribution < 1.29 is 17.9 Å². The van der Waals surface area contributed by atoms with Crippen LogP contribution in [0.15, 0.2) is 46.3 Å². The van der Waals surface area contributed by atoms with Crippen LogP contribution in [-0.4, -0.2) is 49.5 Å². The SMILES string of the molecule is CN(CC1CCCO1)S(=O)(=O)c1ccc(C(=O)N=c2sc3ccc(Cl)c(Cl)c3n2C)cc1. The Labute approximate surface area is 199 Å². The molecule has 0 aliphatic carbocycles. The quantitative estimate of drug-likeness (QED) is 0.514. The lowest BCUT2D eigenvalue weighted by atomic mass is 10.2. The molecule has 1 saturated heterocycles. The van der Waals surface area contributed by atoms with Crippen molar-refractivity contribution in [2.24, 2.45) is 12.0 Å². The molecule has 0 N–H and O–H groups in total. The number of halogens is 2. The number of carbonyl (C=O) groups excluding carboxylic acids is 1. The number of likely N-dealkylation sites (N-methyl/N-ethyl adjacent to an activating group) is 1. The first-order chi connectivity index (χ1) is 15.2. The van der Waals surface area contributed by atoms with Gasteiger partial charge in [-0.15, -0.1) is 0 Å². The molecule has 0 bridgehead atoms. The Balaban J connectivity index is 1.58. The number of hydrogen-bond acceptors (Lipinski definition) is 5. The maximum Gasteiger partial charge on any atom is 0.279 e. The van der Waals surface area contributed by atoms with Crippen molar-refractivity contribution in [1.82, 2.24) is 8.87 Å². The van der Waals surface area contributed by atoms with Crippen LogP contribution >= 0.6 is 34.5 Å². The first-order valence-corrected chi connectivity index (χ1v) is 12.9. The zero-order chi connectivity index (χ0) is 23.0. The van der Waals surface area contributed by atoms with Gasteiger partial charge in [0.25, 0.3) is 5.91 Å². The summed E-state index contributed by atoms with van der Waals surface area (Å²) in [5.74, 6) is -0.481. The highest BCUT2D eigenvalue weighted by Crippen LogP contribution is 2.31. The van der Waals surface area contributed by atoms with Gasteiger partial charge in [0.2, 0.25) is 10.0 Å². The lowest BCUT2D eigenvalue weighted by molar-refractivity contribution is 0.0979. The zero-order valence-electron chi connectivity index (χ0n) is 17.4. The normalized spacial score (nSPS) is 17.5. The highest BCUT2D eigenvalue weighted by molar-refractivity contribution is 7.89. The van der Waals surface area contributed by atoms with E-state index in [9.17, 15) is 13.2 Å². The average molecular weight is 514 g/mol. The van der Waals surface area contributed by atoms with Crippen molar-refractivity contribution in [2.45, 2.75) is 23.8 Å². The van der Waals surface area contributed by atoms with E-state index in [-0.39, 0.29) is 16.6 Å². The molecule has 11 heteroatoms. The molecule has 0 radical (unpaired) electrons. The number of aryl methyl sites for hydroxylation is 1. The largest absolute Gasteiger partial charge is 0.377 e. The molecule has 1 aliphatic heterocycles. The molecule has 1 unspecified atom stereocenters. The molecule has 2 aromatic carbocycles. The molecular formula is C21H21Cl2N3O4S2. The summed E-state index contributed by atoms with van der Waals surface area (Å²) in [5, 5.41) is 0.824. The summed E-state index contributed by atoms with van der Waals surface area (Å²) < 4.78 is 35.0. The number of aromatic nitrogens is 1. The van der Waals surface area contributed by atoms with E-state index < -0.39 is 15.9 Å². The summed E-state index contributed by atoms with van der Waals surface area (Å²) in [4.78, 5) is 17.5. The van der Waals surface area contributed by atoms with Gasteiger partial charge >= 0.3 is 0 Å². The van der Waals surface area contributed by atoms with E-state index >= 15 is 0 Å². The Morgan fingerprint density at radius 3 is 2.62 bits per heavy atom. The Bertz CT molecular complexity index is 1340. The Morgan fingerprint density at radius 1 is 1.25 bits per heavy atom. The first-order valence-electron chi connectivity index (χ1n) is 9.89. The molecule has 1 atom stereocenters. The molecule has 7 nitrogen and oxygen atoms in total. The Morgan fingerprint density at radius 2 is 1.97 bits per heavy atom. The number of carbonyl (C=O) groups is 1. The minimum atomic E-state index is -3.68. The van der Waals surface area contributed by atoms with Gasteiger partial charge in [0.05, 0.1) is 31.3 Å². The van der Waals surface area contributed by atoms with E-state index in [0.717, 1.165) is 17.5 Å². The molecule has 1 amide bonds. The number of fused-ring (bicyclic) bond motifs is 1. The molecule has 0 spiro atoms. The molecule has 4 rings (SSSR count). The molecule has 32 heavy (non-hydrogen) atoms. The van der Waals surface area contributed by atoms with Crippen molar-refractivity contribution in [3.05, 3.63) is 56.8 Å². The van der Waals surface area contributed by atoms with Crippen molar-refractivity contribution in [2.75, 3.05) is 20.2 Å². The van der Waals surface area contributed by atoms with Gasteiger partial charge in [0.15, 0.2) is 4.80 Å². The highest BCUT2D eigenvalue weighted by atomic mass is 35.5. The number of rotatable bonds is 5. The predicted molar refractivity (Wildman–Crippen MR) is 126 cm³/mol. The molecule has 2 heterocycles. The summed E-state index contributed by atoms with van der Waals surface area (Å²) in [7, 11) is -0.390. The summed E-state index contributed by atoms with van der Waals surface area (Å²) in [6.45, 7) is 0.961. The number of nitrogens with zero attached hydrogens (tertiary/aromatic N) is 3. The van der Waals surface area contributed by atoms with Crippen LogP contribution in [0.25, 0.3) is 10.2 Å². The fourth-order valence-corrected chi connectivity index (χ4v) is 6.28. The maximum absolute atomic E-state index is 12.8. The topological polar surface area (TPSA) is 81.0 Å². The molecule has 1 fully saturated rings. The monoisotopic (exact) mass is 513 g/mol. The number of sulfonamides is 1. The Kier molecular flexibility index (Phi) is 6.76. The summed E-state index contributed by atoms with van der Waals surface area (Å²) in [6.07, 6.45) is 1.71. The summed E-state index contributed by atoms with van der Waals surface area (Å²) in [6, 6.07) is 9.30. The number of thiazole rings is 1. The fraction of sp³-hybridized carbons (Fsp3) is 0.333. The van der Waals surface area contributed by atoms with E-state index in [0.29, 0.717) is 33.5 Å². The number of amides is 1. The van der Waals surface area contributed by atoms with Crippen molar-refractivity contribution in [3.8, 4) is 0 Å². The number of hydrogen-bond donors (Lipinski definition) is 0. The van der Waals surface area contributed by atoms with Crippen LogP contribution in [0.4, 0.5) is 0 Å². The molecule has 1 aromatic heterocycles. The first kappa shape index (κ1) is 23.4. The van der Waals surface area contributed by atoms with Gasteiger partial charge in [0, 0.05) is 32.8 Å². The van der Waals surface area contributed by atoms with Crippen molar-refractivity contribution >= 4 is 60.7 Å². The van der Waals surface area contributed by atoms with Crippen molar-refractivity contribution in [3.63, 3.8) is 0 Å².